The molecule has 2 bridgehead atoms. The van der Waals surface area contributed by atoms with Crippen LogP contribution in [-0.4, -0.2) is 23.8 Å². The van der Waals surface area contributed by atoms with Crippen LogP contribution in [0.4, 0.5) is 11.4 Å². The third-order valence-corrected chi connectivity index (χ3v) is 5.61. The number of rotatable bonds is 3. The number of imide groups is 1. The summed E-state index contributed by atoms with van der Waals surface area (Å²) in [5.74, 6) is -1.26. The maximum Gasteiger partial charge on any atom is 0.273 e. The van der Waals surface area contributed by atoms with Crippen LogP contribution >= 0.6 is 0 Å². The molecular formula is C19H18N2O5. The zero-order chi connectivity index (χ0) is 18.7. The Morgan fingerprint density at radius 1 is 1.12 bits per heavy atom. The number of anilines is 1. The fourth-order valence-electron chi connectivity index (χ4n) is 4.63. The van der Waals surface area contributed by atoms with E-state index in [1.807, 2.05) is 26.0 Å². The SMILES string of the molecule is COc1cc([N+](=O)[O-])ccc1N1C(=O)[C@@H]2[C@H](C1=O)[C@@H]1C=C[C@H]2C1=C(C)C. The van der Waals surface area contributed by atoms with Crippen molar-refractivity contribution < 1.29 is 19.2 Å². The quantitative estimate of drug-likeness (QED) is 0.360. The summed E-state index contributed by atoms with van der Waals surface area (Å²) < 4.78 is 5.22. The van der Waals surface area contributed by atoms with Gasteiger partial charge in [-0.2, -0.15) is 0 Å². The largest absolute Gasteiger partial charge is 0.494 e. The third kappa shape index (κ3) is 2.00. The Hall–Kier alpha value is -2.96. The van der Waals surface area contributed by atoms with Gasteiger partial charge in [-0.25, -0.2) is 4.90 Å². The molecule has 0 N–H and O–H groups in total. The van der Waals surface area contributed by atoms with E-state index in [1.54, 1.807) is 0 Å². The molecule has 3 aliphatic rings. The molecule has 4 atom stereocenters. The summed E-state index contributed by atoms with van der Waals surface area (Å²) >= 11 is 0. The summed E-state index contributed by atoms with van der Waals surface area (Å²) in [7, 11) is 1.36. The predicted molar refractivity (Wildman–Crippen MR) is 93.6 cm³/mol. The first-order chi connectivity index (χ1) is 12.4. The Bertz CT molecular complexity index is 879. The Morgan fingerprint density at radius 2 is 1.69 bits per heavy atom. The van der Waals surface area contributed by atoms with Crippen LogP contribution in [0.25, 0.3) is 0 Å². The number of carbonyl (C=O) groups is 2. The molecule has 7 heteroatoms. The van der Waals surface area contributed by atoms with Crippen molar-refractivity contribution in [3.05, 3.63) is 51.6 Å². The van der Waals surface area contributed by atoms with E-state index in [9.17, 15) is 19.7 Å². The lowest BCUT2D eigenvalue weighted by atomic mass is 9.85. The van der Waals surface area contributed by atoms with E-state index in [0.29, 0.717) is 0 Å². The number of hydrogen-bond acceptors (Lipinski definition) is 5. The molecule has 1 saturated heterocycles. The van der Waals surface area contributed by atoms with Crippen molar-refractivity contribution in [2.24, 2.45) is 23.7 Å². The third-order valence-electron chi connectivity index (χ3n) is 5.61. The average molecular weight is 354 g/mol. The number of allylic oxidation sites excluding steroid dienone is 4. The molecule has 2 amide bonds. The van der Waals surface area contributed by atoms with Gasteiger partial charge in [-0.05, 0) is 19.9 Å². The van der Waals surface area contributed by atoms with Gasteiger partial charge in [-0.3, -0.25) is 19.7 Å². The number of nitro benzene ring substituents is 1. The number of ether oxygens (including phenoxy) is 1. The number of nitrogens with zero attached hydrogens (tertiary/aromatic N) is 2. The van der Waals surface area contributed by atoms with Gasteiger partial charge >= 0.3 is 0 Å². The number of carbonyl (C=O) groups excluding carboxylic acids is 2. The van der Waals surface area contributed by atoms with Gasteiger partial charge in [0.2, 0.25) is 11.8 Å². The number of nitro groups is 1. The number of fused-ring (bicyclic) bond motifs is 5. The van der Waals surface area contributed by atoms with E-state index in [1.165, 1.54) is 30.9 Å². The van der Waals surface area contributed by atoms with Gasteiger partial charge in [0.05, 0.1) is 35.6 Å². The van der Waals surface area contributed by atoms with Crippen molar-refractivity contribution in [1.29, 1.82) is 0 Å². The van der Waals surface area contributed by atoms with Crippen LogP contribution in [0.3, 0.4) is 0 Å². The second-order valence-electron chi connectivity index (χ2n) is 7.07. The molecule has 2 aliphatic carbocycles. The van der Waals surface area contributed by atoms with E-state index in [-0.39, 0.29) is 40.8 Å². The van der Waals surface area contributed by atoms with Crippen molar-refractivity contribution >= 4 is 23.2 Å². The standard InChI is InChI=1S/C19H18N2O5/c1-9(2)15-11-5-6-12(15)17-16(11)18(22)20(19(17)23)13-7-4-10(21(24)25)8-14(13)26-3/h4-8,11-12,16-17H,1-3H3/t11-,12+,16-,17+. The van der Waals surface area contributed by atoms with Crippen LogP contribution in [-0.2, 0) is 9.59 Å². The van der Waals surface area contributed by atoms with Crippen molar-refractivity contribution in [3.8, 4) is 5.75 Å². The number of amides is 2. The van der Waals surface area contributed by atoms with E-state index in [4.69, 9.17) is 4.74 Å². The molecule has 1 heterocycles. The number of hydrogen-bond donors (Lipinski definition) is 0. The number of non-ortho nitro benzene ring substituents is 1. The predicted octanol–water partition coefficient (Wildman–Crippen LogP) is 2.86. The van der Waals surface area contributed by atoms with Gasteiger partial charge in [0, 0.05) is 17.9 Å². The molecule has 7 nitrogen and oxygen atoms in total. The van der Waals surface area contributed by atoms with Crippen LogP contribution in [0, 0.1) is 33.8 Å². The highest BCUT2D eigenvalue weighted by molar-refractivity contribution is 6.24. The first kappa shape index (κ1) is 16.5. The molecule has 1 aromatic rings. The monoisotopic (exact) mass is 354 g/mol. The van der Waals surface area contributed by atoms with Gasteiger partial charge in [-0.15, -0.1) is 0 Å². The van der Waals surface area contributed by atoms with Gasteiger partial charge in [-0.1, -0.05) is 23.3 Å². The van der Waals surface area contributed by atoms with Crippen molar-refractivity contribution in [1.82, 2.24) is 0 Å². The summed E-state index contributed by atoms with van der Waals surface area (Å²) in [6.45, 7) is 4.02. The van der Waals surface area contributed by atoms with Gasteiger partial charge in [0.15, 0.2) is 0 Å². The molecular weight excluding hydrogens is 336 g/mol. The molecule has 1 saturated carbocycles. The van der Waals surface area contributed by atoms with Crippen molar-refractivity contribution in [3.63, 3.8) is 0 Å². The lowest BCUT2D eigenvalue weighted by molar-refractivity contribution is -0.384. The molecule has 0 unspecified atom stereocenters. The Balaban J connectivity index is 1.77. The second-order valence-corrected chi connectivity index (χ2v) is 7.07. The van der Waals surface area contributed by atoms with Crippen molar-refractivity contribution in [2.45, 2.75) is 13.8 Å². The van der Waals surface area contributed by atoms with Crippen LogP contribution in [0.5, 0.6) is 5.75 Å². The highest BCUT2D eigenvalue weighted by Gasteiger charge is 2.62. The number of methoxy groups -OCH3 is 1. The normalized spacial score (nSPS) is 28.7. The highest BCUT2D eigenvalue weighted by atomic mass is 16.6. The minimum atomic E-state index is -0.542. The lowest BCUT2D eigenvalue weighted by Crippen LogP contribution is -2.33. The first-order valence-corrected chi connectivity index (χ1v) is 8.42. The second kappa shape index (κ2) is 5.52. The first-order valence-electron chi connectivity index (χ1n) is 8.42. The fraction of sp³-hybridized carbons (Fsp3) is 0.368. The van der Waals surface area contributed by atoms with Gasteiger partial charge in [0.1, 0.15) is 5.75 Å². The topological polar surface area (TPSA) is 89.8 Å². The summed E-state index contributed by atoms with van der Waals surface area (Å²) in [6.07, 6.45) is 4.05. The fourth-order valence-corrected chi connectivity index (χ4v) is 4.63. The smallest absolute Gasteiger partial charge is 0.273 e. The molecule has 134 valence electrons. The molecule has 26 heavy (non-hydrogen) atoms. The Labute approximate surface area is 150 Å². The van der Waals surface area contributed by atoms with Crippen LogP contribution in [0.15, 0.2) is 41.5 Å². The van der Waals surface area contributed by atoms with Crippen LogP contribution < -0.4 is 9.64 Å². The van der Waals surface area contributed by atoms with Crippen LogP contribution in [0.2, 0.25) is 0 Å². The van der Waals surface area contributed by atoms with Crippen molar-refractivity contribution in [2.75, 3.05) is 12.0 Å². The minimum absolute atomic E-state index is 0.0412. The molecule has 2 fully saturated rings. The lowest BCUT2D eigenvalue weighted by Gasteiger charge is -2.21. The zero-order valence-corrected chi connectivity index (χ0v) is 14.6. The summed E-state index contributed by atoms with van der Waals surface area (Å²) in [5, 5.41) is 11.0. The van der Waals surface area contributed by atoms with E-state index in [0.717, 1.165) is 10.5 Å². The maximum atomic E-state index is 13.1. The molecule has 0 radical (unpaired) electrons. The minimum Gasteiger partial charge on any atom is -0.494 e. The van der Waals surface area contributed by atoms with E-state index in [2.05, 4.69) is 0 Å². The Morgan fingerprint density at radius 3 is 2.15 bits per heavy atom. The molecule has 0 aromatic heterocycles. The Kier molecular flexibility index (Phi) is 3.50. The van der Waals surface area contributed by atoms with E-state index >= 15 is 0 Å². The maximum absolute atomic E-state index is 13.1. The highest BCUT2D eigenvalue weighted by Crippen LogP contribution is 2.57. The molecule has 4 rings (SSSR count). The van der Waals surface area contributed by atoms with Gasteiger partial charge in [0.25, 0.3) is 5.69 Å². The van der Waals surface area contributed by atoms with Gasteiger partial charge < -0.3 is 4.74 Å². The van der Waals surface area contributed by atoms with Crippen LogP contribution in [0.1, 0.15) is 13.8 Å². The molecule has 1 aliphatic heterocycles. The zero-order valence-electron chi connectivity index (χ0n) is 14.6. The summed E-state index contributed by atoms with van der Waals surface area (Å²) in [6, 6.07) is 3.92. The summed E-state index contributed by atoms with van der Waals surface area (Å²) in [5.41, 5.74) is 2.44. The summed E-state index contributed by atoms with van der Waals surface area (Å²) in [4.78, 5) is 37.8. The van der Waals surface area contributed by atoms with E-state index < -0.39 is 16.8 Å². The average Bonchev–Trinajstić information content (AvgIpc) is 3.24. The molecule has 0 spiro atoms. The molecule has 1 aromatic carbocycles. The number of benzene rings is 1.